The number of anilines is 1. The van der Waals surface area contributed by atoms with Crippen LogP contribution in [-0.4, -0.2) is 16.2 Å². The number of carbonyl (C=O) groups is 1. The van der Waals surface area contributed by atoms with Crippen LogP contribution in [0.25, 0.3) is 0 Å². The second kappa shape index (κ2) is 5.77. The zero-order valence-electron chi connectivity index (χ0n) is 11.9. The minimum atomic E-state index is -0.149. The van der Waals surface area contributed by atoms with Crippen LogP contribution in [0.2, 0.25) is 0 Å². The van der Waals surface area contributed by atoms with Crippen LogP contribution in [0.4, 0.5) is 5.69 Å². The van der Waals surface area contributed by atoms with Gasteiger partial charge in [-0.05, 0) is 44.9 Å². The van der Waals surface area contributed by atoms with E-state index in [1.165, 1.54) is 0 Å². The highest BCUT2D eigenvalue weighted by molar-refractivity contribution is 5.92. The van der Waals surface area contributed by atoms with Crippen LogP contribution >= 0.6 is 0 Å². The smallest absolute Gasteiger partial charge is 0.224 e. The van der Waals surface area contributed by atoms with Gasteiger partial charge in [0, 0.05) is 12.0 Å². The molecule has 0 bridgehead atoms. The number of phenols is 1. The molecule has 0 saturated carbocycles. The molecule has 1 aromatic heterocycles. The first-order valence-electron chi connectivity index (χ1n) is 6.48. The normalized spacial score (nSPS) is 10.6. The molecule has 5 nitrogen and oxygen atoms in total. The lowest BCUT2D eigenvalue weighted by Gasteiger charge is -2.07. The maximum atomic E-state index is 11.9. The average molecular weight is 274 g/mol. The number of benzene rings is 1. The van der Waals surface area contributed by atoms with E-state index in [2.05, 4.69) is 10.5 Å². The Morgan fingerprint density at radius 3 is 2.70 bits per heavy atom. The topological polar surface area (TPSA) is 75.4 Å². The quantitative estimate of drug-likeness (QED) is 0.841. The van der Waals surface area contributed by atoms with E-state index >= 15 is 0 Å². The van der Waals surface area contributed by atoms with Gasteiger partial charge < -0.3 is 14.9 Å². The fourth-order valence-corrected chi connectivity index (χ4v) is 2.06. The van der Waals surface area contributed by atoms with Crippen LogP contribution < -0.4 is 5.32 Å². The monoisotopic (exact) mass is 274 g/mol. The Kier molecular flexibility index (Phi) is 4.08. The van der Waals surface area contributed by atoms with Crippen LogP contribution in [0.5, 0.6) is 5.75 Å². The number of nitrogens with one attached hydrogen (secondary N) is 1. The van der Waals surface area contributed by atoms with Gasteiger partial charge in [-0.1, -0.05) is 11.2 Å². The number of rotatable bonds is 4. The Balaban J connectivity index is 1.96. The molecule has 106 valence electrons. The molecule has 0 aliphatic heterocycles. The minimum absolute atomic E-state index is 0.0793. The zero-order valence-corrected chi connectivity index (χ0v) is 11.9. The molecule has 5 heteroatoms. The van der Waals surface area contributed by atoms with Gasteiger partial charge in [0.25, 0.3) is 0 Å². The molecule has 0 saturated heterocycles. The Bertz CT molecular complexity index is 613. The van der Waals surface area contributed by atoms with Gasteiger partial charge in [0.05, 0.1) is 11.4 Å². The number of aryl methyl sites for hydroxylation is 3. The first-order valence-corrected chi connectivity index (χ1v) is 6.48. The maximum Gasteiger partial charge on any atom is 0.224 e. The second-order valence-electron chi connectivity index (χ2n) is 4.87. The number of hydrogen-bond donors (Lipinski definition) is 2. The van der Waals surface area contributed by atoms with Crippen molar-refractivity contribution >= 4 is 11.6 Å². The molecular weight excluding hydrogens is 256 g/mol. The molecule has 0 aliphatic carbocycles. The summed E-state index contributed by atoms with van der Waals surface area (Å²) in [5.74, 6) is 0.674. The van der Waals surface area contributed by atoms with Gasteiger partial charge in [-0.15, -0.1) is 0 Å². The number of carbonyl (C=O) groups excluding carboxylic acids is 1. The average Bonchev–Trinajstić information content (AvgIpc) is 2.70. The van der Waals surface area contributed by atoms with Crippen molar-refractivity contribution in [1.82, 2.24) is 5.16 Å². The first kappa shape index (κ1) is 14.1. The van der Waals surface area contributed by atoms with Crippen molar-refractivity contribution in [3.8, 4) is 5.75 Å². The number of aromatic nitrogens is 1. The number of hydrogen-bond acceptors (Lipinski definition) is 4. The summed E-state index contributed by atoms with van der Waals surface area (Å²) in [7, 11) is 0. The van der Waals surface area contributed by atoms with E-state index in [4.69, 9.17) is 4.52 Å². The van der Waals surface area contributed by atoms with Crippen molar-refractivity contribution in [2.24, 2.45) is 0 Å². The summed E-state index contributed by atoms with van der Waals surface area (Å²) in [5, 5.41) is 16.3. The van der Waals surface area contributed by atoms with Crippen LogP contribution in [-0.2, 0) is 11.2 Å². The predicted octanol–water partition coefficient (Wildman–Crippen LogP) is 2.88. The summed E-state index contributed by atoms with van der Waals surface area (Å²) in [6, 6.07) is 5.14. The van der Waals surface area contributed by atoms with E-state index in [9.17, 15) is 9.90 Å². The molecule has 1 amide bonds. The molecule has 2 rings (SSSR count). The standard InChI is InChI=1S/C15H18N2O3/c1-9-4-6-13(14(18)8-9)16-15(19)7-5-12-10(2)17-20-11(12)3/h4,6,8,18H,5,7H2,1-3H3,(H,16,19). The lowest BCUT2D eigenvalue weighted by molar-refractivity contribution is -0.116. The summed E-state index contributed by atoms with van der Waals surface area (Å²) in [6.45, 7) is 5.57. The summed E-state index contributed by atoms with van der Waals surface area (Å²) in [4.78, 5) is 11.9. The molecule has 0 unspecified atom stereocenters. The summed E-state index contributed by atoms with van der Waals surface area (Å²) < 4.78 is 5.06. The molecule has 1 heterocycles. The zero-order chi connectivity index (χ0) is 14.7. The highest BCUT2D eigenvalue weighted by Gasteiger charge is 2.12. The summed E-state index contributed by atoms with van der Waals surface area (Å²) in [6.07, 6.45) is 0.885. The molecule has 0 aliphatic rings. The first-order chi connectivity index (χ1) is 9.47. The highest BCUT2D eigenvalue weighted by atomic mass is 16.5. The van der Waals surface area contributed by atoms with Crippen molar-refractivity contribution in [3.63, 3.8) is 0 Å². The fourth-order valence-electron chi connectivity index (χ4n) is 2.06. The van der Waals surface area contributed by atoms with Crippen molar-refractivity contribution in [1.29, 1.82) is 0 Å². The largest absolute Gasteiger partial charge is 0.506 e. The molecule has 20 heavy (non-hydrogen) atoms. The fraction of sp³-hybridized carbons (Fsp3) is 0.333. The summed E-state index contributed by atoms with van der Waals surface area (Å²) >= 11 is 0. The van der Waals surface area contributed by atoms with Crippen LogP contribution in [0.15, 0.2) is 22.7 Å². The number of phenolic OH excluding ortho intramolecular Hbond substituents is 1. The van der Waals surface area contributed by atoms with Crippen molar-refractivity contribution in [3.05, 3.63) is 40.8 Å². The van der Waals surface area contributed by atoms with Gasteiger partial charge in [-0.25, -0.2) is 0 Å². The highest BCUT2D eigenvalue weighted by Crippen LogP contribution is 2.24. The second-order valence-corrected chi connectivity index (χ2v) is 4.87. The van der Waals surface area contributed by atoms with E-state index < -0.39 is 0 Å². The van der Waals surface area contributed by atoms with Crippen LogP contribution in [0.3, 0.4) is 0 Å². The van der Waals surface area contributed by atoms with Crippen molar-refractivity contribution < 1.29 is 14.4 Å². The Hall–Kier alpha value is -2.30. The number of aromatic hydroxyl groups is 1. The molecule has 0 radical (unpaired) electrons. The van der Waals surface area contributed by atoms with Crippen molar-refractivity contribution in [2.45, 2.75) is 33.6 Å². The van der Waals surface area contributed by atoms with Gasteiger partial charge in [0.1, 0.15) is 11.5 Å². The molecule has 1 aromatic carbocycles. The van der Waals surface area contributed by atoms with Crippen LogP contribution in [0.1, 0.15) is 29.0 Å². The Morgan fingerprint density at radius 1 is 1.35 bits per heavy atom. The molecule has 2 aromatic rings. The van der Waals surface area contributed by atoms with E-state index in [0.29, 0.717) is 18.5 Å². The van der Waals surface area contributed by atoms with E-state index in [0.717, 1.165) is 22.6 Å². The lowest BCUT2D eigenvalue weighted by atomic mass is 10.1. The lowest BCUT2D eigenvalue weighted by Crippen LogP contribution is -2.12. The molecular formula is C15H18N2O3. The van der Waals surface area contributed by atoms with E-state index in [-0.39, 0.29) is 11.7 Å². The van der Waals surface area contributed by atoms with Crippen molar-refractivity contribution in [2.75, 3.05) is 5.32 Å². The van der Waals surface area contributed by atoms with Crippen LogP contribution in [0, 0.1) is 20.8 Å². The van der Waals surface area contributed by atoms with E-state index in [1.807, 2.05) is 26.8 Å². The molecule has 0 atom stereocenters. The van der Waals surface area contributed by atoms with Gasteiger partial charge in [-0.3, -0.25) is 4.79 Å². The van der Waals surface area contributed by atoms with Gasteiger partial charge in [-0.2, -0.15) is 0 Å². The SMILES string of the molecule is Cc1ccc(NC(=O)CCc2c(C)noc2C)c(O)c1. The Labute approximate surface area is 117 Å². The molecule has 0 spiro atoms. The predicted molar refractivity (Wildman–Crippen MR) is 75.8 cm³/mol. The maximum absolute atomic E-state index is 11.9. The number of nitrogens with zero attached hydrogens (tertiary/aromatic N) is 1. The van der Waals surface area contributed by atoms with Gasteiger partial charge in [0.15, 0.2) is 0 Å². The molecule has 0 fully saturated rings. The number of amides is 1. The third-order valence-electron chi connectivity index (χ3n) is 3.21. The van der Waals surface area contributed by atoms with Gasteiger partial charge >= 0.3 is 0 Å². The summed E-state index contributed by atoms with van der Waals surface area (Å²) in [5.41, 5.74) is 3.15. The Morgan fingerprint density at radius 2 is 2.10 bits per heavy atom. The minimum Gasteiger partial charge on any atom is -0.506 e. The third kappa shape index (κ3) is 3.17. The third-order valence-corrected chi connectivity index (χ3v) is 3.21. The van der Waals surface area contributed by atoms with Gasteiger partial charge in [0.2, 0.25) is 5.91 Å². The van der Waals surface area contributed by atoms with E-state index in [1.54, 1.807) is 12.1 Å². The molecule has 2 N–H and O–H groups in total.